The van der Waals surface area contributed by atoms with Gasteiger partial charge in [0.05, 0.1) is 0 Å². The molecule has 0 aliphatic rings. The summed E-state index contributed by atoms with van der Waals surface area (Å²) in [5.74, 6) is 0.0450. The molecule has 0 spiro atoms. The molecular weight excluding hydrogens is 314 g/mol. The molecule has 2 aromatic rings. The average Bonchev–Trinajstić information content (AvgIpc) is 2.49. The molecular formula is C17H18BrNO. The van der Waals surface area contributed by atoms with Crippen LogP contribution in [-0.2, 0) is 0 Å². The van der Waals surface area contributed by atoms with Crippen molar-refractivity contribution >= 4 is 27.4 Å². The van der Waals surface area contributed by atoms with Gasteiger partial charge in [-0.05, 0) is 48.0 Å². The summed E-state index contributed by atoms with van der Waals surface area (Å²) in [5, 5.41) is 0. The van der Waals surface area contributed by atoms with Crippen LogP contribution >= 0.6 is 15.9 Å². The summed E-state index contributed by atoms with van der Waals surface area (Å²) < 4.78 is 0.843. The Balaban J connectivity index is 2.33. The first-order chi connectivity index (χ1) is 9.67. The fourth-order valence-corrected chi connectivity index (χ4v) is 2.77. The van der Waals surface area contributed by atoms with E-state index in [-0.39, 0.29) is 5.78 Å². The number of rotatable bonds is 5. The van der Waals surface area contributed by atoms with Gasteiger partial charge in [-0.3, -0.25) is 4.79 Å². The Morgan fingerprint density at radius 1 is 1.05 bits per heavy atom. The zero-order chi connectivity index (χ0) is 14.5. The van der Waals surface area contributed by atoms with E-state index in [4.69, 9.17) is 0 Å². The highest BCUT2D eigenvalue weighted by Crippen LogP contribution is 2.26. The Morgan fingerprint density at radius 2 is 1.70 bits per heavy atom. The Kier molecular flexibility index (Phi) is 4.96. The molecule has 0 saturated heterocycles. The SMILES string of the molecule is CCN(CC)c1ccc(C(=O)c2ccccc2)c(Br)c1. The molecule has 0 fully saturated rings. The largest absolute Gasteiger partial charge is 0.372 e. The van der Waals surface area contributed by atoms with E-state index < -0.39 is 0 Å². The molecule has 2 aromatic carbocycles. The molecule has 0 aliphatic heterocycles. The minimum Gasteiger partial charge on any atom is -0.372 e. The first kappa shape index (κ1) is 14.8. The van der Waals surface area contributed by atoms with E-state index in [2.05, 4.69) is 34.7 Å². The van der Waals surface area contributed by atoms with E-state index in [1.54, 1.807) is 0 Å². The van der Waals surface area contributed by atoms with Crippen LogP contribution in [0, 0.1) is 0 Å². The zero-order valence-corrected chi connectivity index (χ0v) is 13.4. The van der Waals surface area contributed by atoms with Crippen molar-refractivity contribution in [1.29, 1.82) is 0 Å². The van der Waals surface area contributed by atoms with Gasteiger partial charge in [-0.2, -0.15) is 0 Å². The number of carbonyl (C=O) groups excluding carboxylic acids is 1. The molecule has 2 nitrogen and oxygen atoms in total. The fraction of sp³-hybridized carbons (Fsp3) is 0.235. The molecule has 3 heteroatoms. The predicted octanol–water partition coefficient (Wildman–Crippen LogP) is 4.53. The Bertz CT molecular complexity index is 591. The highest BCUT2D eigenvalue weighted by Gasteiger charge is 2.13. The van der Waals surface area contributed by atoms with E-state index in [1.807, 2.05) is 48.5 Å². The summed E-state index contributed by atoms with van der Waals surface area (Å²) in [4.78, 5) is 14.7. The minimum absolute atomic E-state index is 0.0450. The van der Waals surface area contributed by atoms with Crippen LogP contribution in [0.2, 0.25) is 0 Å². The first-order valence-electron chi connectivity index (χ1n) is 6.81. The summed E-state index contributed by atoms with van der Waals surface area (Å²) in [6, 6.07) is 15.3. The maximum atomic E-state index is 12.4. The molecule has 0 radical (unpaired) electrons. The second-order valence-electron chi connectivity index (χ2n) is 4.53. The quantitative estimate of drug-likeness (QED) is 0.750. The molecule has 0 heterocycles. The van der Waals surface area contributed by atoms with Gasteiger partial charge in [0, 0.05) is 34.4 Å². The van der Waals surface area contributed by atoms with Crippen LogP contribution < -0.4 is 4.90 Å². The molecule has 0 aromatic heterocycles. The van der Waals surface area contributed by atoms with E-state index >= 15 is 0 Å². The van der Waals surface area contributed by atoms with Crippen molar-refractivity contribution in [2.24, 2.45) is 0 Å². The highest BCUT2D eigenvalue weighted by molar-refractivity contribution is 9.10. The van der Waals surface area contributed by atoms with Crippen molar-refractivity contribution in [3.8, 4) is 0 Å². The summed E-state index contributed by atoms with van der Waals surface area (Å²) in [7, 11) is 0. The molecule has 0 aliphatic carbocycles. The molecule has 0 atom stereocenters. The van der Waals surface area contributed by atoms with Gasteiger partial charge in [-0.15, -0.1) is 0 Å². The van der Waals surface area contributed by atoms with Gasteiger partial charge in [0.15, 0.2) is 5.78 Å². The van der Waals surface area contributed by atoms with Crippen molar-refractivity contribution < 1.29 is 4.79 Å². The Labute approximate surface area is 128 Å². The lowest BCUT2D eigenvalue weighted by Crippen LogP contribution is -2.21. The average molecular weight is 332 g/mol. The van der Waals surface area contributed by atoms with Gasteiger partial charge in [-0.1, -0.05) is 30.3 Å². The maximum Gasteiger partial charge on any atom is 0.194 e. The number of anilines is 1. The monoisotopic (exact) mass is 331 g/mol. The number of carbonyl (C=O) groups is 1. The number of nitrogens with zero attached hydrogens (tertiary/aromatic N) is 1. The van der Waals surface area contributed by atoms with Crippen LogP contribution in [0.15, 0.2) is 53.0 Å². The summed E-state index contributed by atoms with van der Waals surface area (Å²) in [5.41, 5.74) is 2.54. The molecule has 2 rings (SSSR count). The number of benzene rings is 2. The van der Waals surface area contributed by atoms with E-state index in [0.717, 1.165) is 23.2 Å². The molecule has 104 valence electrons. The van der Waals surface area contributed by atoms with Gasteiger partial charge in [0.25, 0.3) is 0 Å². The van der Waals surface area contributed by atoms with Crippen molar-refractivity contribution in [1.82, 2.24) is 0 Å². The summed E-state index contributed by atoms with van der Waals surface area (Å²) >= 11 is 3.52. The molecule has 0 amide bonds. The van der Waals surface area contributed by atoms with Crippen LogP contribution in [0.1, 0.15) is 29.8 Å². The van der Waals surface area contributed by atoms with Crippen molar-refractivity contribution in [2.45, 2.75) is 13.8 Å². The summed E-state index contributed by atoms with van der Waals surface area (Å²) in [6.07, 6.45) is 0. The third kappa shape index (κ3) is 3.10. The van der Waals surface area contributed by atoms with Crippen molar-refractivity contribution in [3.05, 3.63) is 64.1 Å². The number of hydrogen-bond acceptors (Lipinski definition) is 2. The highest BCUT2D eigenvalue weighted by atomic mass is 79.9. The van der Waals surface area contributed by atoms with Crippen LogP contribution in [0.25, 0.3) is 0 Å². The third-order valence-corrected chi connectivity index (χ3v) is 4.02. The smallest absolute Gasteiger partial charge is 0.194 e. The van der Waals surface area contributed by atoms with Crippen LogP contribution in [-0.4, -0.2) is 18.9 Å². The number of halogens is 1. The molecule has 0 saturated carbocycles. The fourth-order valence-electron chi connectivity index (χ4n) is 2.22. The Hall–Kier alpha value is -1.61. The number of ketones is 1. The first-order valence-corrected chi connectivity index (χ1v) is 7.61. The van der Waals surface area contributed by atoms with Gasteiger partial charge < -0.3 is 4.90 Å². The van der Waals surface area contributed by atoms with Crippen LogP contribution in [0.3, 0.4) is 0 Å². The van der Waals surface area contributed by atoms with Crippen LogP contribution in [0.5, 0.6) is 0 Å². The molecule has 20 heavy (non-hydrogen) atoms. The topological polar surface area (TPSA) is 20.3 Å². The normalized spacial score (nSPS) is 10.3. The van der Waals surface area contributed by atoms with Crippen molar-refractivity contribution in [2.75, 3.05) is 18.0 Å². The lowest BCUT2D eigenvalue weighted by molar-refractivity contribution is 0.103. The van der Waals surface area contributed by atoms with E-state index in [9.17, 15) is 4.79 Å². The van der Waals surface area contributed by atoms with Gasteiger partial charge >= 0.3 is 0 Å². The lowest BCUT2D eigenvalue weighted by atomic mass is 10.0. The molecule has 0 bridgehead atoms. The minimum atomic E-state index is 0.0450. The molecule has 0 N–H and O–H groups in total. The maximum absolute atomic E-state index is 12.4. The van der Waals surface area contributed by atoms with Gasteiger partial charge in [0.1, 0.15) is 0 Å². The Morgan fingerprint density at radius 3 is 2.25 bits per heavy atom. The van der Waals surface area contributed by atoms with Gasteiger partial charge in [0.2, 0.25) is 0 Å². The third-order valence-electron chi connectivity index (χ3n) is 3.36. The van der Waals surface area contributed by atoms with E-state index in [0.29, 0.717) is 11.1 Å². The van der Waals surface area contributed by atoms with E-state index in [1.165, 1.54) is 0 Å². The van der Waals surface area contributed by atoms with Crippen LogP contribution in [0.4, 0.5) is 5.69 Å². The predicted molar refractivity (Wildman–Crippen MR) is 87.6 cm³/mol. The zero-order valence-electron chi connectivity index (χ0n) is 11.8. The van der Waals surface area contributed by atoms with Gasteiger partial charge in [-0.25, -0.2) is 0 Å². The summed E-state index contributed by atoms with van der Waals surface area (Å²) in [6.45, 7) is 6.16. The van der Waals surface area contributed by atoms with Crippen molar-refractivity contribution in [3.63, 3.8) is 0 Å². The molecule has 0 unspecified atom stereocenters. The second-order valence-corrected chi connectivity index (χ2v) is 5.39. The number of hydrogen-bond donors (Lipinski definition) is 0. The lowest BCUT2D eigenvalue weighted by Gasteiger charge is -2.21. The second kappa shape index (κ2) is 6.71. The standard InChI is InChI=1S/C17H18BrNO/c1-3-19(4-2)14-10-11-15(16(18)12-14)17(20)13-8-6-5-7-9-13/h5-12H,3-4H2,1-2H3.